The predicted octanol–water partition coefficient (Wildman–Crippen LogP) is 5.20. The predicted molar refractivity (Wildman–Crippen MR) is 160 cm³/mol. The average Bonchev–Trinajstić information content (AvgIpc) is 3.19. The van der Waals surface area contributed by atoms with Crippen LogP contribution in [0.2, 0.25) is 10.2 Å². The molecule has 3 N–H and O–H groups in total. The number of hydrogen-bond donors (Lipinski definition) is 3. The average molecular weight is 619 g/mol. The summed E-state index contributed by atoms with van der Waals surface area (Å²) in [5, 5.41) is 10.6. The zero-order valence-electron chi connectivity index (χ0n) is 24.4. The molecule has 2 aromatic rings. The van der Waals surface area contributed by atoms with Crippen LogP contribution in [0.4, 0.5) is 10.1 Å². The van der Waals surface area contributed by atoms with Gasteiger partial charge in [-0.2, -0.15) is 0 Å². The molecule has 3 fully saturated rings. The topological polar surface area (TPSA) is 95.6 Å². The summed E-state index contributed by atoms with van der Waals surface area (Å²) in [6.45, 7) is 4.68. The van der Waals surface area contributed by atoms with Crippen LogP contribution in [0.15, 0.2) is 30.5 Å². The van der Waals surface area contributed by atoms with E-state index in [-0.39, 0.29) is 46.6 Å². The number of pyridine rings is 1. The highest BCUT2D eigenvalue weighted by Gasteiger charge is 2.69. The first-order valence-corrected chi connectivity index (χ1v) is 15.4. The second-order valence-electron chi connectivity index (χ2n) is 13.3. The summed E-state index contributed by atoms with van der Waals surface area (Å²) in [6.07, 6.45) is 5.88. The molecular weight excluding hydrogens is 580 g/mol. The van der Waals surface area contributed by atoms with Gasteiger partial charge >= 0.3 is 0 Å². The molecule has 11 heteroatoms. The minimum atomic E-state index is -1.11. The lowest BCUT2D eigenvalue weighted by atomic mass is 9.58. The van der Waals surface area contributed by atoms with Crippen LogP contribution >= 0.6 is 23.2 Å². The van der Waals surface area contributed by atoms with Crippen molar-refractivity contribution in [1.82, 2.24) is 20.5 Å². The highest BCUT2D eigenvalue weighted by atomic mass is 35.5. The second kappa shape index (κ2) is 10.6. The van der Waals surface area contributed by atoms with E-state index in [1.807, 2.05) is 18.2 Å². The maximum atomic E-state index is 16.0. The Morgan fingerprint density at radius 3 is 2.52 bits per heavy atom. The molecule has 2 amide bonds. The summed E-state index contributed by atoms with van der Waals surface area (Å²) < 4.78 is 22.9. The van der Waals surface area contributed by atoms with Gasteiger partial charge < -0.3 is 20.3 Å². The third-order valence-corrected chi connectivity index (χ3v) is 10.6. The van der Waals surface area contributed by atoms with Gasteiger partial charge in [-0.05, 0) is 62.1 Å². The minimum Gasteiger partial charge on any atom is -0.362 e. The molecule has 1 saturated heterocycles. The monoisotopic (exact) mass is 617 g/mol. The summed E-state index contributed by atoms with van der Waals surface area (Å²) in [7, 11) is 3.48. The number of halogens is 3. The number of carbonyl (C=O) groups excluding carboxylic acids is 2. The Balaban J connectivity index is 1.46. The van der Waals surface area contributed by atoms with Crippen molar-refractivity contribution in [3.63, 3.8) is 0 Å². The van der Waals surface area contributed by atoms with Gasteiger partial charge in [0.05, 0.1) is 11.6 Å². The zero-order valence-corrected chi connectivity index (χ0v) is 25.9. The van der Waals surface area contributed by atoms with Gasteiger partial charge in [0, 0.05) is 60.0 Å². The molecule has 226 valence electrons. The van der Waals surface area contributed by atoms with E-state index in [2.05, 4.69) is 34.8 Å². The lowest BCUT2D eigenvalue weighted by Gasteiger charge is -2.54. The van der Waals surface area contributed by atoms with E-state index in [1.165, 1.54) is 6.20 Å². The Bertz CT molecular complexity index is 1400. The number of ether oxygens (including phenoxy) is 1. The van der Waals surface area contributed by atoms with Crippen LogP contribution in [-0.4, -0.2) is 60.1 Å². The molecule has 2 saturated carbocycles. The second-order valence-corrected chi connectivity index (χ2v) is 14.1. The lowest BCUT2D eigenvalue weighted by molar-refractivity contribution is -0.138. The first kappa shape index (κ1) is 29.6. The van der Waals surface area contributed by atoms with E-state index in [1.54, 1.807) is 25.1 Å². The molecule has 2 spiro atoms. The van der Waals surface area contributed by atoms with Crippen molar-refractivity contribution in [3.8, 4) is 0 Å². The number of anilines is 1. The highest BCUT2D eigenvalue weighted by Crippen LogP contribution is 2.63. The van der Waals surface area contributed by atoms with Crippen LogP contribution in [0.5, 0.6) is 0 Å². The van der Waals surface area contributed by atoms with Gasteiger partial charge in [0.2, 0.25) is 11.8 Å². The van der Waals surface area contributed by atoms with Crippen LogP contribution in [0.25, 0.3) is 0 Å². The molecule has 6 rings (SSSR count). The van der Waals surface area contributed by atoms with Crippen molar-refractivity contribution in [2.75, 3.05) is 26.1 Å². The van der Waals surface area contributed by atoms with Gasteiger partial charge in [0.25, 0.3) is 0 Å². The fourth-order valence-corrected chi connectivity index (χ4v) is 8.05. The molecule has 0 bridgehead atoms. The SMILES string of the molecule is CN(C)C(=O)C1CC(NC(=O)[C@@H]2NC3(CCC(C)(C)CC3)[C@@]3(OCNc4cc(Cl)ccc43)[C@H]2c2ccnc(Cl)c2F)C1. The van der Waals surface area contributed by atoms with Gasteiger partial charge in [-0.15, -0.1) is 0 Å². The molecule has 2 aliphatic carbocycles. The van der Waals surface area contributed by atoms with Crippen molar-refractivity contribution in [1.29, 1.82) is 0 Å². The Morgan fingerprint density at radius 1 is 1.12 bits per heavy atom. The maximum Gasteiger partial charge on any atom is 0.238 e. The summed E-state index contributed by atoms with van der Waals surface area (Å²) in [5.74, 6) is -1.72. The Hall–Kier alpha value is -2.46. The molecule has 0 radical (unpaired) electrons. The van der Waals surface area contributed by atoms with E-state index in [0.717, 1.165) is 36.9 Å². The zero-order chi connectivity index (χ0) is 30.0. The number of hydrogen-bond acceptors (Lipinski definition) is 6. The minimum absolute atomic E-state index is 0.0620. The number of amides is 2. The number of nitrogens with zero attached hydrogens (tertiary/aromatic N) is 2. The normalized spacial score (nSPS) is 30.7. The fourth-order valence-electron chi connectivity index (χ4n) is 7.72. The van der Waals surface area contributed by atoms with Gasteiger partial charge in [-0.1, -0.05) is 43.1 Å². The van der Waals surface area contributed by atoms with Gasteiger partial charge in [0.1, 0.15) is 12.3 Å². The van der Waals surface area contributed by atoms with E-state index < -0.39 is 28.9 Å². The molecule has 42 heavy (non-hydrogen) atoms. The summed E-state index contributed by atoms with van der Waals surface area (Å²) in [4.78, 5) is 32.2. The molecule has 8 nitrogen and oxygen atoms in total. The van der Waals surface area contributed by atoms with Crippen LogP contribution in [0, 0.1) is 17.2 Å². The van der Waals surface area contributed by atoms with Crippen LogP contribution in [-0.2, 0) is 19.9 Å². The standard InChI is InChI=1S/C31H38Cl2FN5O3/c1-29(2)8-10-30(11-9-29)31(21-6-5-18(32)15-22(21)36-16-42-31)23(20-7-12-35-26(33)24(20)34)25(38-30)27(40)37-19-13-17(14-19)28(41)39(3)4/h5-7,12,15,17,19,23,25,36,38H,8-11,13-14,16H2,1-4H3,(H,37,40)/t17?,19?,23-,25+,31-/m0/s1. The van der Waals surface area contributed by atoms with Crippen molar-refractivity contribution in [2.24, 2.45) is 11.3 Å². The van der Waals surface area contributed by atoms with Crippen molar-refractivity contribution >= 4 is 40.7 Å². The van der Waals surface area contributed by atoms with Crippen molar-refractivity contribution < 1.29 is 18.7 Å². The van der Waals surface area contributed by atoms with E-state index in [9.17, 15) is 9.59 Å². The Labute approximate surface area is 256 Å². The third kappa shape index (κ3) is 4.68. The van der Waals surface area contributed by atoms with Gasteiger partial charge in [0.15, 0.2) is 11.0 Å². The van der Waals surface area contributed by atoms with Crippen LogP contribution in [0.1, 0.15) is 69.4 Å². The number of benzene rings is 1. The first-order chi connectivity index (χ1) is 19.9. The number of rotatable bonds is 4. The number of fused-ring (bicyclic) bond motifs is 3. The molecule has 3 atom stereocenters. The molecule has 1 aromatic carbocycles. The smallest absolute Gasteiger partial charge is 0.238 e. The largest absolute Gasteiger partial charge is 0.362 e. The lowest BCUT2D eigenvalue weighted by Crippen LogP contribution is -2.61. The van der Waals surface area contributed by atoms with Crippen molar-refractivity contribution in [2.45, 2.75) is 81.5 Å². The highest BCUT2D eigenvalue weighted by molar-refractivity contribution is 6.31. The first-order valence-electron chi connectivity index (χ1n) is 14.6. The Morgan fingerprint density at radius 2 is 1.83 bits per heavy atom. The molecular formula is C31H38Cl2FN5O3. The van der Waals surface area contributed by atoms with Gasteiger partial charge in [-0.25, -0.2) is 9.37 Å². The Kier molecular flexibility index (Phi) is 7.48. The van der Waals surface area contributed by atoms with Crippen LogP contribution < -0.4 is 16.0 Å². The molecule has 4 aliphatic rings. The fraction of sp³-hybridized carbons (Fsp3) is 0.581. The molecule has 0 unspecified atom stereocenters. The maximum absolute atomic E-state index is 16.0. The van der Waals surface area contributed by atoms with Crippen molar-refractivity contribution in [3.05, 3.63) is 57.6 Å². The molecule has 2 aliphatic heterocycles. The van der Waals surface area contributed by atoms with E-state index in [4.69, 9.17) is 27.9 Å². The van der Waals surface area contributed by atoms with Gasteiger partial charge in [-0.3, -0.25) is 14.9 Å². The summed E-state index contributed by atoms with van der Waals surface area (Å²) >= 11 is 12.7. The number of nitrogens with one attached hydrogen (secondary N) is 3. The van der Waals surface area contributed by atoms with E-state index >= 15 is 4.39 Å². The quantitative estimate of drug-likeness (QED) is 0.408. The van der Waals surface area contributed by atoms with Crippen LogP contribution in [0.3, 0.4) is 0 Å². The molecule has 1 aromatic heterocycles. The molecule has 3 heterocycles. The third-order valence-electron chi connectivity index (χ3n) is 10.1. The number of aromatic nitrogens is 1. The summed E-state index contributed by atoms with van der Waals surface area (Å²) in [5.41, 5.74) is 0.247. The number of carbonyl (C=O) groups is 2. The summed E-state index contributed by atoms with van der Waals surface area (Å²) in [6, 6.07) is 6.25. The van der Waals surface area contributed by atoms with E-state index in [0.29, 0.717) is 17.9 Å².